The van der Waals surface area contributed by atoms with Gasteiger partial charge in [0, 0.05) is 17.4 Å². The number of rotatable bonds is 3. The van der Waals surface area contributed by atoms with Gasteiger partial charge in [0.05, 0.1) is 11.5 Å². The number of benzene rings is 1. The molecule has 0 unspecified atom stereocenters. The number of ether oxygens (including phenoxy) is 1. The number of aliphatic carboxylic acids is 1. The van der Waals surface area contributed by atoms with Gasteiger partial charge in [0.2, 0.25) is 0 Å². The van der Waals surface area contributed by atoms with Gasteiger partial charge >= 0.3 is 17.8 Å². The molecule has 27 heavy (non-hydrogen) atoms. The maximum absolute atomic E-state index is 11.5. The van der Waals surface area contributed by atoms with Gasteiger partial charge in [0.15, 0.2) is 0 Å². The van der Waals surface area contributed by atoms with Crippen LogP contribution in [-0.4, -0.2) is 22.2 Å². The Bertz CT molecular complexity index is 989. The molecule has 0 amide bonds. The summed E-state index contributed by atoms with van der Waals surface area (Å²) in [6, 6.07) is 10.0. The minimum absolute atomic E-state index is 0.341. The van der Waals surface area contributed by atoms with Crippen molar-refractivity contribution in [3.63, 3.8) is 0 Å². The van der Waals surface area contributed by atoms with Crippen LogP contribution in [0.15, 0.2) is 58.0 Å². The zero-order valence-corrected chi connectivity index (χ0v) is 14.1. The van der Waals surface area contributed by atoms with E-state index in [0.717, 1.165) is 5.56 Å². The topological polar surface area (TPSA) is 89.6 Å². The molecule has 2 heterocycles. The van der Waals surface area contributed by atoms with Gasteiger partial charge in [-0.1, -0.05) is 11.6 Å². The monoisotopic (exact) mass is 401 g/mol. The van der Waals surface area contributed by atoms with Crippen molar-refractivity contribution in [2.75, 3.05) is 0 Å². The average molecular weight is 402 g/mol. The Labute approximate surface area is 154 Å². The Balaban J connectivity index is 0.000000321. The van der Waals surface area contributed by atoms with Crippen LogP contribution in [0.3, 0.4) is 0 Å². The standard InChI is InChI=1S/C15H10ClNO3.C2HF3O2/c16-11-1-2-13-12(7-11)14(8-15(18)20-13)19-9-10-3-5-17-6-4-10;3-2(4,5)1(6)7/h1-8H,9H2;(H,6,7). The summed E-state index contributed by atoms with van der Waals surface area (Å²) in [6.07, 6.45) is -1.71. The summed E-state index contributed by atoms with van der Waals surface area (Å²) in [6.45, 7) is 0.341. The molecular formula is C17H11ClF3NO5. The third-order valence-electron chi connectivity index (χ3n) is 3.05. The summed E-state index contributed by atoms with van der Waals surface area (Å²) >= 11 is 5.96. The second-order valence-electron chi connectivity index (χ2n) is 5.02. The van der Waals surface area contributed by atoms with Crippen LogP contribution in [-0.2, 0) is 11.4 Å². The van der Waals surface area contributed by atoms with Crippen LogP contribution in [0.1, 0.15) is 5.56 Å². The predicted octanol–water partition coefficient (Wildman–Crippen LogP) is 4.05. The molecule has 0 fully saturated rings. The summed E-state index contributed by atoms with van der Waals surface area (Å²) in [4.78, 5) is 24.3. The molecule has 0 atom stereocenters. The first-order chi connectivity index (χ1) is 12.7. The summed E-state index contributed by atoms with van der Waals surface area (Å²) in [7, 11) is 0. The highest BCUT2D eigenvalue weighted by atomic mass is 35.5. The largest absolute Gasteiger partial charge is 0.490 e. The van der Waals surface area contributed by atoms with Crippen LogP contribution in [0.25, 0.3) is 11.0 Å². The maximum atomic E-state index is 11.5. The summed E-state index contributed by atoms with van der Waals surface area (Å²) in [5.41, 5.74) is 0.958. The van der Waals surface area contributed by atoms with Crippen LogP contribution in [0.4, 0.5) is 13.2 Å². The first-order valence-electron chi connectivity index (χ1n) is 7.22. The number of halogens is 4. The predicted molar refractivity (Wildman–Crippen MR) is 89.8 cm³/mol. The molecular weight excluding hydrogens is 391 g/mol. The fourth-order valence-electron chi connectivity index (χ4n) is 1.87. The van der Waals surface area contributed by atoms with Crippen LogP contribution in [0.5, 0.6) is 5.75 Å². The van der Waals surface area contributed by atoms with E-state index in [1.54, 1.807) is 30.6 Å². The van der Waals surface area contributed by atoms with Crippen LogP contribution < -0.4 is 10.4 Å². The highest BCUT2D eigenvalue weighted by Gasteiger charge is 2.38. The lowest BCUT2D eigenvalue weighted by atomic mass is 10.2. The lowest BCUT2D eigenvalue weighted by Gasteiger charge is -2.08. The van der Waals surface area contributed by atoms with Crippen LogP contribution in [0, 0.1) is 0 Å². The molecule has 0 aliphatic rings. The van der Waals surface area contributed by atoms with Crippen molar-refractivity contribution < 1.29 is 32.2 Å². The smallest absolute Gasteiger partial charge is 0.488 e. The second kappa shape index (κ2) is 8.54. The minimum Gasteiger partial charge on any atom is -0.488 e. The molecule has 0 radical (unpaired) electrons. The number of alkyl halides is 3. The molecule has 3 rings (SSSR count). The number of hydrogen-bond acceptors (Lipinski definition) is 5. The van der Waals surface area contributed by atoms with Gasteiger partial charge in [0.1, 0.15) is 17.9 Å². The van der Waals surface area contributed by atoms with Gasteiger partial charge in [-0.25, -0.2) is 9.59 Å². The molecule has 142 valence electrons. The Kier molecular flexibility index (Phi) is 6.40. The van der Waals surface area contributed by atoms with E-state index in [1.807, 2.05) is 12.1 Å². The molecule has 1 N–H and O–H groups in total. The normalized spacial score (nSPS) is 10.8. The van der Waals surface area contributed by atoms with Crippen molar-refractivity contribution >= 4 is 28.5 Å². The average Bonchev–Trinajstić information content (AvgIpc) is 2.60. The van der Waals surface area contributed by atoms with E-state index in [1.165, 1.54) is 6.07 Å². The SMILES string of the molecule is O=C(O)C(F)(F)F.O=c1cc(OCc2ccncc2)c2cc(Cl)ccc2o1. The van der Waals surface area contributed by atoms with Gasteiger partial charge < -0.3 is 14.3 Å². The Hall–Kier alpha value is -3.07. The van der Waals surface area contributed by atoms with Crippen LogP contribution >= 0.6 is 11.6 Å². The number of carbonyl (C=O) groups is 1. The van der Waals surface area contributed by atoms with E-state index in [-0.39, 0.29) is 0 Å². The number of aromatic nitrogens is 1. The van der Waals surface area contributed by atoms with E-state index in [9.17, 15) is 18.0 Å². The number of hydrogen-bond donors (Lipinski definition) is 1. The van der Waals surface area contributed by atoms with Crippen molar-refractivity contribution in [3.8, 4) is 5.75 Å². The zero-order chi connectivity index (χ0) is 20.0. The van der Waals surface area contributed by atoms with E-state index in [0.29, 0.717) is 28.3 Å². The van der Waals surface area contributed by atoms with Gasteiger partial charge in [-0.2, -0.15) is 13.2 Å². The first-order valence-corrected chi connectivity index (χ1v) is 7.60. The zero-order valence-electron chi connectivity index (χ0n) is 13.4. The molecule has 2 aromatic heterocycles. The molecule has 6 nitrogen and oxygen atoms in total. The van der Waals surface area contributed by atoms with Crippen molar-refractivity contribution in [1.82, 2.24) is 4.98 Å². The van der Waals surface area contributed by atoms with Gasteiger partial charge in [0.25, 0.3) is 0 Å². The van der Waals surface area contributed by atoms with E-state index in [2.05, 4.69) is 4.98 Å². The third-order valence-corrected chi connectivity index (χ3v) is 3.29. The Morgan fingerprint density at radius 1 is 1.19 bits per heavy atom. The Morgan fingerprint density at radius 2 is 1.81 bits per heavy atom. The highest BCUT2D eigenvalue weighted by molar-refractivity contribution is 6.31. The number of fused-ring (bicyclic) bond motifs is 1. The highest BCUT2D eigenvalue weighted by Crippen LogP contribution is 2.27. The van der Waals surface area contributed by atoms with E-state index >= 15 is 0 Å². The number of nitrogens with zero attached hydrogens (tertiary/aromatic N) is 1. The number of carboxylic acids is 1. The van der Waals surface area contributed by atoms with Crippen molar-refractivity contribution in [2.45, 2.75) is 12.8 Å². The van der Waals surface area contributed by atoms with Crippen molar-refractivity contribution in [1.29, 1.82) is 0 Å². The Morgan fingerprint density at radius 3 is 2.41 bits per heavy atom. The quantitative estimate of drug-likeness (QED) is 0.666. The van der Waals surface area contributed by atoms with Crippen molar-refractivity contribution in [2.24, 2.45) is 0 Å². The molecule has 3 aromatic rings. The molecule has 0 saturated heterocycles. The summed E-state index contributed by atoms with van der Waals surface area (Å²) in [5, 5.41) is 8.35. The van der Waals surface area contributed by atoms with E-state index < -0.39 is 17.8 Å². The molecule has 0 bridgehead atoms. The fourth-order valence-corrected chi connectivity index (χ4v) is 2.04. The van der Waals surface area contributed by atoms with Crippen LogP contribution in [0.2, 0.25) is 5.02 Å². The molecule has 0 aliphatic heterocycles. The summed E-state index contributed by atoms with van der Waals surface area (Å²) < 4.78 is 42.5. The fraction of sp³-hybridized carbons (Fsp3) is 0.118. The summed E-state index contributed by atoms with van der Waals surface area (Å²) in [5.74, 6) is -2.30. The van der Waals surface area contributed by atoms with E-state index in [4.69, 9.17) is 30.7 Å². The molecule has 0 saturated carbocycles. The lowest BCUT2D eigenvalue weighted by molar-refractivity contribution is -0.192. The van der Waals surface area contributed by atoms with Gasteiger partial charge in [-0.05, 0) is 35.9 Å². The minimum atomic E-state index is -5.08. The molecule has 1 aromatic carbocycles. The van der Waals surface area contributed by atoms with Gasteiger partial charge in [-0.15, -0.1) is 0 Å². The van der Waals surface area contributed by atoms with Crippen molar-refractivity contribution in [3.05, 3.63) is 69.8 Å². The molecule has 0 spiro atoms. The second-order valence-corrected chi connectivity index (χ2v) is 5.45. The number of carboxylic acid groups (broad SMARTS) is 1. The number of pyridine rings is 1. The lowest BCUT2D eigenvalue weighted by Crippen LogP contribution is -2.21. The van der Waals surface area contributed by atoms with Gasteiger partial charge in [-0.3, -0.25) is 4.98 Å². The molecule has 10 heteroatoms. The molecule has 0 aliphatic carbocycles. The third kappa shape index (κ3) is 6.00. The maximum Gasteiger partial charge on any atom is 0.490 e. The first kappa shape index (κ1) is 20.2.